The van der Waals surface area contributed by atoms with E-state index in [2.05, 4.69) is 87.2 Å². The van der Waals surface area contributed by atoms with Crippen molar-refractivity contribution in [1.82, 2.24) is 4.90 Å². The monoisotopic (exact) mass is 528 g/mol. The molecular formula is C31H38N3O3Si+. The van der Waals surface area contributed by atoms with E-state index in [-0.39, 0.29) is 12.3 Å². The van der Waals surface area contributed by atoms with Crippen LogP contribution in [0.15, 0.2) is 71.5 Å². The van der Waals surface area contributed by atoms with Crippen molar-refractivity contribution in [1.29, 1.82) is 0 Å². The average Bonchev–Trinajstić information content (AvgIpc) is 2.88. The van der Waals surface area contributed by atoms with Gasteiger partial charge in [-0.05, 0) is 63.4 Å². The van der Waals surface area contributed by atoms with Crippen molar-refractivity contribution in [3.8, 4) is 0 Å². The second-order valence-corrected chi connectivity index (χ2v) is 15.3. The second kappa shape index (κ2) is 10.6. The van der Waals surface area contributed by atoms with Gasteiger partial charge in [0.2, 0.25) is 0 Å². The van der Waals surface area contributed by atoms with E-state index in [9.17, 15) is 9.59 Å². The summed E-state index contributed by atoms with van der Waals surface area (Å²) in [5.41, 5.74) is 7.33. The van der Waals surface area contributed by atoms with E-state index in [0.29, 0.717) is 18.5 Å². The molecule has 2 aliphatic rings. The van der Waals surface area contributed by atoms with Crippen LogP contribution < -0.4 is 10.1 Å². The van der Waals surface area contributed by atoms with Gasteiger partial charge in [0.25, 0.3) is 5.91 Å². The minimum atomic E-state index is -2.08. The van der Waals surface area contributed by atoms with Crippen LogP contribution in [-0.4, -0.2) is 82.0 Å². The maximum Gasteiger partial charge on any atom is 0.303 e. The fraction of sp³-hybridized carbons (Fsp3) is 0.323. The first-order chi connectivity index (χ1) is 17.9. The molecule has 1 N–H and O–H groups in total. The number of aliphatic carboxylic acids is 1. The molecule has 0 saturated heterocycles. The van der Waals surface area contributed by atoms with Crippen molar-refractivity contribution >= 4 is 42.1 Å². The van der Waals surface area contributed by atoms with Crippen molar-refractivity contribution in [2.75, 3.05) is 46.7 Å². The van der Waals surface area contributed by atoms with E-state index in [4.69, 9.17) is 5.11 Å². The van der Waals surface area contributed by atoms with Gasteiger partial charge in [-0.3, -0.25) is 9.59 Å². The number of hydrogen-bond acceptors (Lipinski definition) is 3. The third-order valence-electron chi connectivity index (χ3n) is 7.58. The summed E-state index contributed by atoms with van der Waals surface area (Å²) in [4.78, 5) is 28.4. The van der Waals surface area contributed by atoms with Crippen LogP contribution in [0.3, 0.4) is 0 Å². The summed E-state index contributed by atoms with van der Waals surface area (Å²) in [7, 11) is 7.93. The van der Waals surface area contributed by atoms with Crippen molar-refractivity contribution in [2.24, 2.45) is 0 Å². The number of amides is 1. The van der Waals surface area contributed by atoms with Crippen LogP contribution in [0.1, 0.15) is 34.3 Å². The number of fused-ring (bicyclic) bond motifs is 2. The lowest BCUT2D eigenvalue weighted by Gasteiger charge is -2.38. The van der Waals surface area contributed by atoms with E-state index in [0.717, 1.165) is 11.1 Å². The third kappa shape index (κ3) is 5.03. The molecule has 1 heterocycles. The predicted molar refractivity (Wildman–Crippen MR) is 159 cm³/mol. The normalized spacial score (nSPS) is 15.4. The van der Waals surface area contributed by atoms with E-state index < -0.39 is 14.0 Å². The number of carboxylic acid groups (broad SMARTS) is 1. The molecule has 6 nitrogen and oxygen atoms in total. The molecule has 2 aromatic carbocycles. The minimum Gasteiger partial charge on any atom is -0.481 e. The van der Waals surface area contributed by atoms with Gasteiger partial charge in [0.1, 0.15) is 22.2 Å². The first-order valence-electron chi connectivity index (χ1n) is 13.0. The largest absolute Gasteiger partial charge is 0.481 e. The molecule has 0 bridgehead atoms. The number of allylic oxidation sites excluding steroid dienone is 5. The van der Waals surface area contributed by atoms with Crippen LogP contribution in [0, 0.1) is 0 Å². The Balaban J connectivity index is 1.94. The highest BCUT2D eigenvalue weighted by Crippen LogP contribution is 2.42. The van der Waals surface area contributed by atoms with Crippen LogP contribution in [0.25, 0.3) is 5.57 Å². The van der Waals surface area contributed by atoms with E-state index >= 15 is 0 Å². The summed E-state index contributed by atoms with van der Waals surface area (Å²) in [6.45, 7) is 5.21. The zero-order valence-corrected chi connectivity index (χ0v) is 24.5. The smallest absolute Gasteiger partial charge is 0.303 e. The first-order valence-corrected chi connectivity index (χ1v) is 16.0. The van der Waals surface area contributed by atoms with Crippen LogP contribution in [-0.2, 0) is 4.79 Å². The predicted octanol–water partition coefficient (Wildman–Crippen LogP) is 4.17. The number of rotatable bonds is 7. The van der Waals surface area contributed by atoms with Gasteiger partial charge >= 0.3 is 5.97 Å². The maximum absolute atomic E-state index is 13.7. The SMILES string of the molecule is CN(CCCC(=O)O)C(=O)c1ccccc1C1=C2C=CC(=[N+](C)C)C=C2[Si](C)(C)c2cc(N(C)C)ccc21. The van der Waals surface area contributed by atoms with E-state index in [1.807, 2.05) is 24.3 Å². The molecule has 1 aliphatic carbocycles. The first kappa shape index (κ1) is 27.3. The molecule has 0 aromatic heterocycles. The zero-order chi connectivity index (χ0) is 27.8. The molecule has 0 saturated carbocycles. The molecule has 0 radical (unpaired) electrons. The number of benzene rings is 2. The average molecular weight is 529 g/mol. The second-order valence-electron chi connectivity index (χ2n) is 11.0. The Labute approximate surface area is 226 Å². The Hall–Kier alpha value is -3.71. The molecule has 0 spiro atoms. The van der Waals surface area contributed by atoms with E-state index in [1.54, 1.807) is 11.9 Å². The third-order valence-corrected chi connectivity index (χ3v) is 11.1. The maximum atomic E-state index is 13.7. The van der Waals surface area contributed by atoms with Gasteiger partial charge in [0.15, 0.2) is 5.71 Å². The highest BCUT2D eigenvalue weighted by Gasteiger charge is 2.41. The highest BCUT2D eigenvalue weighted by molar-refractivity contribution is 6.98. The molecule has 1 aliphatic heterocycles. The molecule has 198 valence electrons. The van der Waals surface area contributed by atoms with Gasteiger partial charge in [-0.2, -0.15) is 0 Å². The minimum absolute atomic E-state index is 0.0412. The number of carboxylic acids is 1. The van der Waals surface area contributed by atoms with Gasteiger partial charge in [0.05, 0.1) is 0 Å². The van der Waals surface area contributed by atoms with Crippen molar-refractivity contribution < 1.29 is 19.3 Å². The van der Waals surface area contributed by atoms with Crippen LogP contribution in [0.4, 0.5) is 5.69 Å². The van der Waals surface area contributed by atoms with Crippen LogP contribution in [0.2, 0.25) is 13.1 Å². The van der Waals surface area contributed by atoms with Gasteiger partial charge < -0.3 is 14.9 Å². The Bertz CT molecular complexity index is 1430. The zero-order valence-electron chi connectivity index (χ0n) is 23.5. The molecule has 4 rings (SSSR count). The molecule has 38 heavy (non-hydrogen) atoms. The Kier molecular flexibility index (Phi) is 7.60. The standard InChI is InChI=1S/C31H37N3O3Si/c1-32(2)21-14-16-25-27(19-21)38(6,7)28-20-22(33(3)4)15-17-26(28)30(25)23-11-8-9-12-24(23)31(37)34(5)18-10-13-29(35)36/h8-9,11-12,14-17,19-20H,10,13,18H2,1-7H3/p+1. The summed E-state index contributed by atoms with van der Waals surface area (Å²) in [5.74, 6) is -0.948. The lowest BCUT2D eigenvalue weighted by Crippen LogP contribution is -2.49. The summed E-state index contributed by atoms with van der Waals surface area (Å²) in [6, 6.07) is 14.5. The number of hydrogen-bond donors (Lipinski definition) is 1. The van der Waals surface area contributed by atoms with Gasteiger partial charge in [-0.15, -0.1) is 0 Å². The summed E-state index contributed by atoms with van der Waals surface area (Å²) >= 11 is 0. The summed E-state index contributed by atoms with van der Waals surface area (Å²) < 4.78 is 2.14. The number of carbonyl (C=O) groups excluding carboxylic acids is 1. The molecule has 0 atom stereocenters. The van der Waals surface area contributed by atoms with E-state index in [1.165, 1.54) is 32.9 Å². The van der Waals surface area contributed by atoms with Crippen molar-refractivity contribution in [3.63, 3.8) is 0 Å². The summed E-state index contributed by atoms with van der Waals surface area (Å²) in [5, 5.41) is 11.7. The summed E-state index contributed by atoms with van der Waals surface area (Å²) in [6.07, 6.45) is 7.16. The van der Waals surface area contributed by atoms with Gasteiger partial charge in [-0.1, -0.05) is 37.4 Å². The Morgan fingerprint density at radius 2 is 1.68 bits per heavy atom. The van der Waals surface area contributed by atoms with Gasteiger partial charge in [-0.25, -0.2) is 4.58 Å². The topological polar surface area (TPSA) is 63.9 Å². The molecule has 7 heteroatoms. The Morgan fingerprint density at radius 3 is 2.34 bits per heavy atom. The lowest BCUT2D eigenvalue weighted by molar-refractivity contribution is -0.462. The lowest BCUT2D eigenvalue weighted by atomic mass is 9.87. The van der Waals surface area contributed by atoms with Crippen LogP contribution in [0.5, 0.6) is 0 Å². The Morgan fingerprint density at radius 1 is 0.974 bits per heavy atom. The number of nitrogens with zero attached hydrogens (tertiary/aromatic N) is 3. The van der Waals surface area contributed by atoms with Crippen molar-refractivity contribution in [2.45, 2.75) is 25.9 Å². The van der Waals surface area contributed by atoms with Crippen molar-refractivity contribution in [3.05, 3.63) is 88.2 Å². The molecule has 0 unspecified atom stereocenters. The fourth-order valence-electron chi connectivity index (χ4n) is 5.33. The highest BCUT2D eigenvalue weighted by atomic mass is 28.3. The molecule has 2 aromatic rings. The quantitative estimate of drug-likeness (QED) is 0.433. The fourth-order valence-corrected chi connectivity index (χ4v) is 8.40. The molecular weight excluding hydrogens is 490 g/mol. The molecule has 1 amide bonds. The van der Waals surface area contributed by atoms with Gasteiger partial charge in [0, 0.05) is 57.5 Å². The molecule has 0 fully saturated rings. The van der Waals surface area contributed by atoms with Crippen LogP contribution >= 0.6 is 0 Å². The number of anilines is 1. The number of carbonyl (C=O) groups is 2.